The van der Waals surface area contributed by atoms with Crippen LogP contribution in [0.1, 0.15) is 57.4 Å². The highest BCUT2D eigenvalue weighted by Crippen LogP contribution is 2.56. The summed E-state index contributed by atoms with van der Waals surface area (Å²) in [6, 6.07) is 8.54. The van der Waals surface area contributed by atoms with Gasteiger partial charge in [0, 0.05) is 10.9 Å². The van der Waals surface area contributed by atoms with Gasteiger partial charge in [-0.3, -0.25) is 0 Å². The van der Waals surface area contributed by atoms with Crippen LogP contribution in [0.15, 0.2) is 34.8 Å². The van der Waals surface area contributed by atoms with Crippen molar-refractivity contribution in [2.24, 2.45) is 11.3 Å². The first kappa shape index (κ1) is 15.0. The summed E-state index contributed by atoms with van der Waals surface area (Å²) in [5.74, 6) is 0.748. The standard InChI is InChI=1S/C19H23BrO/c1-14(21)12-18-17(15-6-5-7-16(20)13-15)8-11-19(18)9-3-2-4-10-19/h5-8,13,18H,2-4,9-12H2,1H3. The van der Waals surface area contributed by atoms with Crippen LogP contribution in [0.2, 0.25) is 0 Å². The molecule has 2 heteroatoms. The molecule has 0 bridgehead atoms. The van der Waals surface area contributed by atoms with Crippen LogP contribution in [0.5, 0.6) is 0 Å². The zero-order valence-electron chi connectivity index (χ0n) is 12.7. The summed E-state index contributed by atoms with van der Waals surface area (Å²) in [7, 11) is 0. The average molecular weight is 347 g/mol. The van der Waals surface area contributed by atoms with Crippen LogP contribution in [0.3, 0.4) is 0 Å². The lowest BCUT2D eigenvalue weighted by Crippen LogP contribution is -2.31. The number of halogens is 1. The second-order valence-electron chi connectivity index (χ2n) is 6.76. The Bertz CT molecular complexity index is 567. The van der Waals surface area contributed by atoms with E-state index in [0.29, 0.717) is 23.5 Å². The number of allylic oxidation sites excluding steroid dienone is 2. The van der Waals surface area contributed by atoms with Crippen LogP contribution in [0, 0.1) is 11.3 Å². The third-order valence-electron chi connectivity index (χ3n) is 5.34. The Labute approximate surface area is 136 Å². The number of carbonyl (C=O) groups excluding carboxylic acids is 1. The smallest absolute Gasteiger partial charge is 0.130 e. The number of ketones is 1. The molecule has 1 aromatic carbocycles. The molecule has 21 heavy (non-hydrogen) atoms. The highest BCUT2D eigenvalue weighted by Gasteiger charge is 2.44. The van der Waals surface area contributed by atoms with Crippen molar-refractivity contribution in [3.8, 4) is 0 Å². The molecule has 112 valence electrons. The molecular weight excluding hydrogens is 324 g/mol. The molecule has 1 atom stereocenters. The minimum atomic E-state index is 0.327. The van der Waals surface area contributed by atoms with Gasteiger partial charge in [0.2, 0.25) is 0 Å². The molecule has 1 nitrogen and oxygen atoms in total. The van der Waals surface area contributed by atoms with Crippen molar-refractivity contribution in [1.29, 1.82) is 0 Å². The first-order valence-corrected chi connectivity index (χ1v) is 8.85. The average Bonchev–Trinajstić information content (AvgIpc) is 2.78. The monoisotopic (exact) mass is 346 g/mol. The maximum Gasteiger partial charge on any atom is 0.130 e. The van der Waals surface area contributed by atoms with Crippen molar-refractivity contribution in [1.82, 2.24) is 0 Å². The van der Waals surface area contributed by atoms with Gasteiger partial charge in [-0.1, -0.05) is 53.4 Å². The van der Waals surface area contributed by atoms with E-state index in [0.717, 1.165) is 10.9 Å². The van der Waals surface area contributed by atoms with Crippen LogP contribution in [0.25, 0.3) is 5.57 Å². The highest BCUT2D eigenvalue weighted by molar-refractivity contribution is 9.10. The number of Topliss-reactive ketones (excluding diaryl/α,β-unsaturated/α-hetero) is 1. The van der Waals surface area contributed by atoms with E-state index in [4.69, 9.17) is 0 Å². The van der Waals surface area contributed by atoms with Gasteiger partial charge in [0.05, 0.1) is 0 Å². The summed E-state index contributed by atoms with van der Waals surface area (Å²) in [6.07, 6.45) is 10.9. The van der Waals surface area contributed by atoms with Crippen molar-refractivity contribution in [2.75, 3.05) is 0 Å². The van der Waals surface area contributed by atoms with E-state index in [-0.39, 0.29) is 0 Å². The van der Waals surface area contributed by atoms with E-state index in [1.807, 2.05) is 0 Å². The van der Waals surface area contributed by atoms with Gasteiger partial charge < -0.3 is 4.79 Å². The van der Waals surface area contributed by atoms with Gasteiger partial charge in [0.1, 0.15) is 5.78 Å². The fourth-order valence-electron chi connectivity index (χ4n) is 4.34. The van der Waals surface area contributed by atoms with Crippen LogP contribution in [-0.2, 0) is 4.79 Å². The number of hydrogen-bond donors (Lipinski definition) is 0. The Hall–Kier alpha value is -0.890. The Morgan fingerprint density at radius 3 is 2.71 bits per heavy atom. The lowest BCUT2D eigenvalue weighted by molar-refractivity contribution is -0.118. The van der Waals surface area contributed by atoms with Gasteiger partial charge in [-0.2, -0.15) is 0 Å². The molecule has 0 heterocycles. The van der Waals surface area contributed by atoms with Crippen LogP contribution >= 0.6 is 15.9 Å². The third kappa shape index (κ3) is 3.01. The van der Waals surface area contributed by atoms with E-state index in [9.17, 15) is 4.79 Å². The molecule has 0 amide bonds. The minimum absolute atomic E-state index is 0.327. The zero-order chi connectivity index (χ0) is 14.9. The number of rotatable bonds is 3. The van der Waals surface area contributed by atoms with Gasteiger partial charge in [0.15, 0.2) is 0 Å². The van der Waals surface area contributed by atoms with Gasteiger partial charge in [-0.15, -0.1) is 0 Å². The summed E-state index contributed by atoms with van der Waals surface area (Å²) >= 11 is 3.57. The first-order chi connectivity index (χ1) is 10.1. The molecule has 2 aliphatic carbocycles. The van der Waals surface area contributed by atoms with Crippen LogP contribution in [0.4, 0.5) is 0 Å². The fraction of sp³-hybridized carbons (Fsp3) is 0.526. The molecule has 0 saturated heterocycles. The molecule has 0 aliphatic heterocycles. The van der Waals surface area contributed by atoms with Crippen LogP contribution < -0.4 is 0 Å². The quantitative estimate of drug-likeness (QED) is 0.677. The lowest BCUT2D eigenvalue weighted by Gasteiger charge is -2.40. The molecule has 2 aliphatic rings. The fourth-order valence-corrected chi connectivity index (χ4v) is 4.74. The molecule has 0 N–H and O–H groups in total. The minimum Gasteiger partial charge on any atom is -0.300 e. The van der Waals surface area contributed by atoms with Crippen LogP contribution in [-0.4, -0.2) is 5.78 Å². The Balaban J connectivity index is 1.94. The molecule has 1 spiro atoms. The molecule has 0 aromatic heterocycles. The number of carbonyl (C=O) groups is 1. The van der Waals surface area contributed by atoms with E-state index >= 15 is 0 Å². The SMILES string of the molecule is CC(=O)CC1C(c2cccc(Br)c2)=CCC12CCCCC2. The Kier molecular flexibility index (Phi) is 4.35. The highest BCUT2D eigenvalue weighted by atomic mass is 79.9. The summed E-state index contributed by atoms with van der Waals surface area (Å²) in [6.45, 7) is 1.74. The second-order valence-corrected chi connectivity index (χ2v) is 7.67. The Morgan fingerprint density at radius 1 is 1.29 bits per heavy atom. The maximum absolute atomic E-state index is 11.8. The largest absolute Gasteiger partial charge is 0.300 e. The van der Waals surface area contributed by atoms with Crippen molar-refractivity contribution in [3.63, 3.8) is 0 Å². The topological polar surface area (TPSA) is 17.1 Å². The van der Waals surface area contributed by atoms with Crippen molar-refractivity contribution in [3.05, 3.63) is 40.4 Å². The van der Waals surface area contributed by atoms with Gasteiger partial charge in [-0.05, 0) is 60.8 Å². The summed E-state index contributed by atoms with van der Waals surface area (Å²) in [4.78, 5) is 11.8. The van der Waals surface area contributed by atoms with Gasteiger partial charge in [0.25, 0.3) is 0 Å². The van der Waals surface area contributed by atoms with E-state index < -0.39 is 0 Å². The van der Waals surface area contributed by atoms with E-state index in [1.54, 1.807) is 6.92 Å². The molecular formula is C19H23BrO. The molecule has 1 aromatic rings. The second kappa shape index (κ2) is 6.08. The number of hydrogen-bond acceptors (Lipinski definition) is 1. The molecule has 1 saturated carbocycles. The number of benzene rings is 1. The summed E-state index contributed by atoms with van der Waals surface area (Å²) in [5.41, 5.74) is 3.06. The Morgan fingerprint density at radius 2 is 2.05 bits per heavy atom. The predicted molar refractivity (Wildman–Crippen MR) is 91.0 cm³/mol. The molecule has 1 fully saturated rings. The van der Waals surface area contributed by atoms with Crippen molar-refractivity contribution in [2.45, 2.75) is 51.9 Å². The summed E-state index contributed by atoms with van der Waals surface area (Å²) in [5, 5.41) is 0. The van der Waals surface area contributed by atoms with Crippen molar-refractivity contribution < 1.29 is 4.79 Å². The predicted octanol–water partition coefficient (Wildman–Crippen LogP) is 5.78. The normalized spacial score (nSPS) is 24.1. The van der Waals surface area contributed by atoms with Gasteiger partial charge in [-0.25, -0.2) is 0 Å². The van der Waals surface area contributed by atoms with E-state index in [1.165, 1.54) is 43.2 Å². The summed E-state index contributed by atoms with van der Waals surface area (Å²) < 4.78 is 1.12. The third-order valence-corrected chi connectivity index (χ3v) is 5.84. The lowest BCUT2D eigenvalue weighted by atomic mass is 9.64. The molecule has 0 radical (unpaired) electrons. The zero-order valence-corrected chi connectivity index (χ0v) is 14.3. The maximum atomic E-state index is 11.8. The van der Waals surface area contributed by atoms with Crippen molar-refractivity contribution >= 4 is 27.3 Å². The molecule has 1 unspecified atom stereocenters. The van der Waals surface area contributed by atoms with Gasteiger partial charge >= 0.3 is 0 Å². The first-order valence-electron chi connectivity index (χ1n) is 8.06. The van der Waals surface area contributed by atoms with E-state index in [2.05, 4.69) is 46.3 Å². The molecule has 3 rings (SSSR count).